The van der Waals surface area contributed by atoms with Gasteiger partial charge in [-0.05, 0) is 55.0 Å². The highest BCUT2D eigenvalue weighted by Gasteiger charge is 2.30. The summed E-state index contributed by atoms with van der Waals surface area (Å²) in [6, 6.07) is 14.0. The number of anilines is 2. The van der Waals surface area contributed by atoms with E-state index in [1.54, 1.807) is 14.2 Å². The van der Waals surface area contributed by atoms with Crippen molar-refractivity contribution < 1.29 is 9.53 Å². The van der Waals surface area contributed by atoms with E-state index in [2.05, 4.69) is 32.0 Å². The molecule has 1 aliphatic carbocycles. The van der Waals surface area contributed by atoms with Crippen LogP contribution in [0.1, 0.15) is 42.0 Å². The lowest BCUT2D eigenvalue weighted by atomic mass is 9.96. The minimum atomic E-state index is -0.484. The number of amides is 1. The Kier molecular flexibility index (Phi) is 8.22. The van der Waals surface area contributed by atoms with Gasteiger partial charge in [-0.1, -0.05) is 41.9 Å². The standard InChI is InChI=1S/C35H35ClN8O4/c1-18-21(7-6-10-24(18)41-31-29-32(39-17-38-31)43(2)35(47)44(3)34(29)46)22-8-5-9-23(30(22)36)26-15-19-11-13-25(28(19)33(42-26)48-4)37-16-20-12-14-27(45)40-20/h5-10,15,17,20,25,37H,11-14,16H2,1-4H3,(H,40,45)(H,38,39,41). The number of nitrogens with zero attached hydrogens (tertiary/aromatic N) is 5. The Bertz CT molecular complexity index is 2230. The Morgan fingerprint density at radius 1 is 1.00 bits per heavy atom. The average molecular weight is 667 g/mol. The molecular formula is C35H35ClN8O4. The molecule has 48 heavy (non-hydrogen) atoms. The maximum Gasteiger partial charge on any atom is 0.332 e. The van der Waals surface area contributed by atoms with Gasteiger partial charge < -0.3 is 20.7 Å². The molecule has 0 spiro atoms. The highest BCUT2D eigenvalue weighted by atomic mass is 35.5. The van der Waals surface area contributed by atoms with E-state index < -0.39 is 11.2 Å². The molecule has 2 aliphatic rings. The molecule has 13 heteroatoms. The van der Waals surface area contributed by atoms with E-state index in [1.165, 1.54) is 17.9 Å². The molecule has 4 heterocycles. The van der Waals surface area contributed by atoms with Gasteiger partial charge in [-0.15, -0.1) is 0 Å². The molecule has 0 radical (unpaired) electrons. The highest BCUT2D eigenvalue weighted by molar-refractivity contribution is 6.36. The van der Waals surface area contributed by atoms with E-state index in [9.17, 15) is 14.4 Å². The molecule has 3 N–H and O–H groups in total. The zero-order chi connectivity index (χ0) is 33.7. The van der Waals surface area contributed by atoms with Gasteiger partial charge in [0.1, 0.15) is 17.5 Å². The number of hydrogen-bond donors (Lipinski definition) is 3. The molecular weight excluding hydrogens is 632 g/mol. The fourth-order valence-electron chi connectivity index (χ4n) is 6.84. The number of halogens is 1. The molecule has 2 unspecified atom stereocenters. The van der Waals surface area contributed by atoms with Gasteiger partial charge in [-0.25, -0.2) is 19.7 Å². The molecule has 3 aromatic heterocycles. The molecule has 246 valence electrons. The molecule has 7 rings (SSSR count). The zero-order valence-electron chi connectivity index (χ0n) is 27.1. The number of fused-ring (bicyclic) bond motifs is 2. The van der Waals surface area contributed by atoms with E-state index in [0.29, 0.717) is 29.7 Å². The lowest BCUT2D eigenvalue weighted by Gasteiger charge is -2.20. The van der Waals surface area contributed by atoms with Crippen LogP contribution in [0.4, 0.5) is 11.5 Å². The summed E-state index contributed by atoms with van der Waals surface area (Å²) < 4.78 is 8.19. The number of carbonyl (C=O) groups is 1. The predicted octanol–water partition coefficient (Wildman–Crippen LogP) is 4.33. The highest BCUT2D eigenvalue weighted by Crippen LogP contribution is 2.43. The Morgan fingerprint density at radius 2 is 1.77 bits per heavy atom. The molecule has 0 bridgehead atoms. The number of rotatable bonds is 8. The number of carbonyl (C=O) groups excluding carboxylic acids is 1. The maximum absolute atomic E-state index is 13.1. The molecule has 5 aromatic rings. The number of methoxy groups -OCH3 is 1. The molecule has 2 atom stereocenters. The summed E-state index contributed by atoms with van der Waals surface area (Å²) in [5.74, 6) is 0.972. The van der Waals surface area contributed by atoms with Gasteiger partial charge in [0.15, 0.2) is 5.65 Å². The van der Waals surface area contributed by atoms with Crippen LogP contribution in [0.15, 0.2) is 58.4 Å². The molecule has 1 amide bonds. The third-order valence-corrected chi connectivity index (χ3v) is 9.85. The van der Waals surface area contributed by atoms with Crippen LogP contribution in [0.2, 0.25) is 5.02 Å². The second kappa shape index (κ2) is 12.5. The molecule has 12 nitrogen and oxygen atoms in total. The van der Waals surface area contributed by atoms with Crippen molar-refractivity contribution in [2.45, 2.75) is 44.7 Å². The number of hydrogen-bond acceptors (Lipinski definition) is 9. The van der Waals surface area contributed by atoms with Crippen molar-refractivity contribution in [3.8, 4) is 28.3 Å². The van der Waals surface area contributed by atoms with Crippen LogP contribution in [0.3, 0.4) is 0 Å². The third kappa shape index (κ3) is 5.40. The minimum absolute atomic E-state index is 0.0887. The molecule has 2 aromatic carbocycles. The number of ether oxygens (including phenoxy) is 1. The molecule has 0 saturated carbocycles. The summed E-state index contributed by atoms with van der Waals surface area (Å²) in [6.07, 6.45) is 4.52. The van der Waals surface area contributed by atoms with Crippen molar-refractivity contribution in [1.82, 2.24) is 34.7 Å². The largest absolute Gasteiger partial charge is 0.481 e. The van der Waals surface area contributed by atoms with Crippen molar-refractivity contribution >= 4 is 40.0 Å². The fraction of sp³-hybridized carbons (Fsp3) is 0.314. The second-order valence-electron chi connectivity index (χ2n) is 12.3. The van der Waals surface area contributed by atoms with E-state index in [0.717, 1.165) is 68.6 Å². The van der Waals surface area contributed by atoms with Crippen LogP contribution >= 0.6 is 11.6 Å². The number of nitrogens with one attached hydrogen (secondary N) is 3. The first kappa shape index (κ1) is 31.5. The summed E-state index contributed by atoms with van der Waals surface area (Å²) in [5, 5.41) is 10.7. The average Bonchev–Trinajstić information content (AvgIpc) is 3.71. The number of pyridine rings is 1. The van der Waals surface area contributed by atoms with E-state index in [1.807, 2.05) is 43.3 Å². The van der Waals surface area contributed by atoms with Crippen LogP contribution in [-0.4, -0.2) is 49.7 Å². The summed E-state index contributed by atoms with van der Waals surface area (Å²) in [6.45, 7) is 2.67. The summed E-state index contributed by atoms with van der Waals surface area (Å²) in [4.78, 5) is 50.7. The Labute approximate surface area is 281 Å². The van der Waals surface area contributed by atoms with E-state index in [-0.39, 0.29) is 29.0 Å². The Morgan fingerprint density at radius 3 is 2.54 bits per heavy atom. The van der Waals surface area contributed by atoms with E-state index >= 15 is 0 Å². The first-order valence-corrected chi connectivity index (χ1v) is 16.2. The first-order chi connectivity index (χ1) is 23.2. The maximum atomic E-state index is 13.1. The number of aryl methyl sites for hydroxylation is 2. The van der Waals surface area contributed by atoms with Crippen molar-refractivity contribution in [3.05, 3.63) is 91.3 Å². The van der Waals surface area contributed by atoms with Gasteiger partial charge in [0.2, 0.25) is 11.8 Å². The summed E-state index contributed by atoms with van der Waals surface area (Å²) >= 11 is 7.18. The smallest absolute Gasteiger partial charge is 0.332 e. The Hall–Kier alpha value is -5.07. The second-order valence-corrected chi connectivity index (χ2v) is 12.7. The fourth-order valence-corrected chi connectivity index (χ4v) is 7.16. The van der Waals surface area contributed by atoms with Gasteiger partial charge in [0.25, 0.3) is 5.56 Å². The lowest BCUT2D eigenvalue weighted by molar-refractivity contribution is -0.119. The van der Waals surface area contributed by atoms with Gasteiger partial charge >= 0.3 is 5.69 Å². The third-order valence-electron chi connectivity index (χ3n) is 9.44. The van der Waals surface area contributed by atoms with Crippen LogP contribution < -0.4 is 31.9 Å². The van der Waals surface area contributed by atoms with Crippen LogP contribution in [0.25, 0.3) is 33.4 Å². The topological polar surface area (TPSA) is 145 Å². The van der Waals surface area contributed by atoms with Crippen molar-refractivity contribution in [1.29, 1.82) is 0 Å². The lowest BCUT2D eigenvalue weighted by Crippen LogP contribution is -2.37. The minimum Gasteiger partial charge on any atom is -0.481 e. The van der Waals surface area contributed by atoms with Crippen LogP contribution in [0.5, 0.6) is 5.88 Å². The number of aromatic nitrogens is 5. The van der Waals surface area contributed by atoms with Crippen molar-refractivity contribution in [2.75, 3.05) is 19.0 Å². The molecule has 1 saturated heterocycles. The molecule has 1 fully saturated rings. The van der Waals surface area contributed by atoms with Gasteiger partial charge in [0.05, 0.1) is 17.8 Å². The predicted molar refractivity (Wildman–Crippen MR) is 185 cm³/mol. The monoisotopic (exact) mass is 666 g/mol. The number of benzene rings is 2. The normalized spacial score (nSPS) is 17.1. The summed E-state index contributed by atoms with van der Waals surface area (Å²) in [5.41, 5.74) is 6.33. The first-order valence-electron chi connectivity index (χ1n) is 15.8. The summed E-state index contributed by atoms with van der Waals surface area (Å²) in [7, 11) is 4.64. The van der Waals surface area contributed by atoms with Crippen molar-refractivity contribution in [3.63, 3.8) is 0 Å². The van der Waals surface area contributed by atoms with Gasteiger partial charge in [-0.3, -0.25) is 18.7 Å². The van der Waals surface area contributed by atoms with Crippen LogP contribution in [-0.2, 0) is 25.3 Å². The Balaban J connectivity index is 1.22. The van der Waals surface area contributed by atoms with E-state index in [4.69, 9.17) is 21.3 Å². The quantitative estimate of drug-likeness (QED) is 0.220. The van der Waals surface area contributed by atoms with Gasteiger partial charge in [-0.2, -0.15) is 0 Å². The van der Waals surface area contributed by atoms with Crippen LogP contribution in [0, 0.1) is 6.92 Å². The SMILES string of the molecule is COc1nc(-c2cccc(-c3cccc(Nc4ncnc5c4c(=O)n(C)c(=O)n5C)c3C)c2Cl)cc2c1C(NCC1CCC(=O)N1)CC2. The molecule has 1 aliphatic heterocycles. The van der Waals surface area contributed by atoms with Gasteiger partial charge in [0, 0.05) is 61.5 Å². The van der Waals surface area contributed by atoms with Crippen molar-refractivity contribution in [2.24, 2.45) is 14.1 Å². The zero-order valence-corrected chi connectivity index (χ0v) is 27.8.